The van der Waals surface area contributed by atoms with Gasteiger partial charge < -0.3 is 9.42 Å². The zero-order valence-electron chi connectivity index (χ0n) is 12.4. The molecule has 24 heavy (non-hydrogen) atoms. The van der Waals surface area contributed by atoms with Gasteiger partial charge >= 0.3 is 7.82 Å². The van der Waals surface area contributed by atoms with E-state index >= 15 is 0 Å². The summed E-state index contributed by atoms with van der Waals surface area (Å²) in [6, 6.07) is 3.26. The second-order valence-corrected chi connectivity index (χ2v) is 7.44. The lowest BCUT2D eigenvalue weighted by atomic mass is 10.2. The van der Waals surface area contributed by atoms with Crippen LogP contribution in [0.4, 0.5) is 4.39 Å². The summed E-state index contributed by atoms with van der Waals surface area (Å²) in [5, 5.41) is 0.614. The van der Waals surface area contributed by atoms with Crippen molar-refractivity contribution in [1.82, 2.24) is 4.90 Å². The number of amides is 1. The van der Waals surface area contributed by atoms with Gasteiger partial charge in [0, 0.05) is 24.7 Å². The van der Waals surface area contributed by atoms with E-state index in [2.05, 4.69) is 9.52 Å². The molecule has 2 N–H and O–H groups in total. The van der Waals surface area contributed by atoms with Crippen molar-refractivity contribution in [2.24, 2.45) is 4.99 Å². The minimum absolute atomic E-state index is 0.188. The van der Waals surface area contributed by atoms with Gasteiger partial charge in [-0.1, -0.05) is 0 Å². The van der Waals surface area contributed by atoms with E-state index in [1.165, 1.54) is 23.9 Å². The Morgan fingerprint density at radius 3 is 2.71 bits per heavy atom. The number of carbonyl (C=O) groups excluding carboxylic acids is 1. The molecule has 1 saturated heterocycles. The average Bonchev–Trinajstić information content (AvgIpc) is 3.10. The molecule has 1 fully saturated rings. The molecule has 128 valence electrons. The number of hydrogen-bond acceptors (Lipinski definition) is 5. The minimum atomic E-state index is -4.85. The third-order valence-corrected chi connectivity index (χ3v) is 4.94. The van der Waals surface area contributed by atoms with E-state index in [4.69, 9.17) is 9.79 Å². The van der Waals surface area contributed by atoms with E-state index in [-0.39, 0.29) is 11.3 Å². The molecule has 7 nitrogen and oxygen atoms in total. The normalized spacial score (nSPS) is 20.0. The van der Waals surface area contributed by atoms with Gasteiger partial charge in [0.25, 0.3) is 5.91 Å². The summed E-state index contributed by atoms with van der Waals surface area (Å²) in [6.45, 7) is 1.69. The van der Waals surface area contributed by atoms with Crippen molar-refractivity contribution in [2.45, 2.75) is 12.8 Å². The Balaban J connectivity index is 1.86. The van der Waals surface area contributed by atoms with Crippen molar-refractivity contribution in [3.05, 3.63) is 34.5 Å². The van der Waals surface area contributed by atoms with Crippen LogP contribution in [0.1, 0.15) is 18.4 Å². The van der Waals surface area contributed by atoms with Crippen LogP contribution in [0.3, 0.4) is 0 Å². The summed E-state index contributed by atoms with van der Waals surface area (Å²) in [5.74, 6) is -1.48. The van der Waals surface area contributed by atoms with Crippen molar-refractivity contribution < 1.29 is 28.1 Å². The van der Waals surface area contributed by atoms with Gasteiger partial charge in [0.15, 0.2) is 5.17 Å². The van der Waals surface area contributed by atoms with Crippen LogP contribution >= 0.6 is 19.6 Å². The fourth-order valence-electron chi connectivity index (χ4n) is 2.42. The van der Waals surface area contributed by atoms with Crippen molar-refractivity contribution in [2.75, 3.05) is 13.1 Å². The van der Waals surface area contributed by atoms with Gasteiger partial charge in [-0.05, 0) is 42.8 Å². The van der Waals surface area contributed by atoms with Gasteiger partial charge in [0.05, 0.1) is 4.91 Å². The van der Waals surface area contributed by atoms with Crippen LogP contribution in [0.25, 0.3) is 6.08 Å². The predicted octanol–water partition coefficient (Wildman–Crippen LogP) is 2.36. The van der Waals surface area contributed by atoms with E-state index in [0.29, 0.717) is 10.1 Å². The maximum Gasteiger partial charge on any atom is 0.524 e. The Hall–Kier alpha value is -1.67. The molecule has 0 spiro atoms. The third-order valence-electron chi connectivity index (χ3n) is 3.47. The topological polar surface area (TPSA) is 99.4 Å². The molecule has 0 radical (unpaired) electrons. The molecule has 10 heteroatoms. The summed E-state index contributed by atoms with van der Waals surface area (Å²) in [5.41, 5.74) is 0.188. The number of thioether (sulfide) groups is 1. The lowest BCUT2D eigenvalue weighted by molar-refractivity contribution is -0.113. The zero-order chi connectivity index (χ0) is 17.3. The molecule has 0 bridgehead atoms. The molecule has 0 aromatic heterocycles. The molecule has 2 aliphatic rings. The number of phosphoric ester groups is 1. The van der Waals surface area contributed by atoms with Crippen molar-refractivity contribution in [3.63, 3.8) is 0 Å². The Labute approximate surface area is 141 Å². The monoisotopic (exact) mass is 372 g/mol. The lowest BCUT2D eigenvalue weighted by Crippen LogP contribution is -2.23. The van der Waals surface area contributed by atoms with E-state index in [1.807, 2.05) is 4.90 Å². The highest BCUT2D eigenvalue weighted by Gasteiger charge is 2.28. The fourth-order valence-corrected chi connectivity index (χ4v) is 3.79. The molecule has 1 amide bonds. The van der Waals surface area contributed by atoms with Crippen molar-refractivity contribution in [1.29, 1.82) is 0 Å². The first-order valence-corrected chi connectivity index (χ1v) is 9.49. The average molecular weight is 372 g/mol. The maximum absolute atomic E-state index is 13.3. The van der Waals surface area contributed by atoms with Crippen molar-refractivity contribution in [3.8, 4) is 5.75 Å². The highest BCUT2D eigenvalue weighted by molar-refractivity contribution is 8.18. The van der Waals surface area contributed by atoms with E-state index < -0.39 is 19.5 Å². The fraction of sp³-hybridized carbons (Fsp3) is 0.286. The SMILES string of the molecule is O=C1N=C(N2CCCC2)S/C1=C\c1ccc(F)cc1OP(=O)(O)O. The molecular formula is C14H14FN2O5PS. The second-order valence-electron chi connectivity index (χ2n) is 5.27. The first-order chi connectivity index (χ1) is 11.3. The number of likely N-dealkylation sites (tertiary alicyclic amines) is 1. The predicted molar refractivity (Wildman–Crippen MR) is 87.9 cm³/mol. The van der Waals surface area contributed by atoms with E-state index in [0.717, 1.165) is 38.1 Å². The summed E-state index contributed by atoms with van der Waals surface area (Å²) in [4.78, 5) is 36.2. The highest BCUT2D eigenvalue weighted by atomic mass is 32.2. The lowest BCUT2D eigenvalue weighted by Gasteiger charge is -2.14. The minimum Gasteiger partial charge on any atom is -0.404 e. The van der Waals surface area contributed by atoms with Crippen LogP contribution in [0.2, 0.25) is 0 Å². The van der Waals surface area contributed by atoms with E-state index in [9.17, 15) is 13.8 Å². The smallest absolute Gasteiger partial charge is 0.404 e. The molecule has 2 heterocycles. The summed E-state index contributed by atoms with van der Waals surface area (Å²) < 4.78 is 28.8. The Bertz CT molecular complexity index is 785. The number of benzene rings is 1. The van der Waals surface area contributed by atoms with Crippen molar-refractivity contribution >= 4 is 36.7 Å². The molecule has 0 aliphatic carbocycles. The highest BCUT2D eigenvalue weighted by Crippen LogP contribution is 2.41. The maximum atomic E-state index is 13.3. The zero-order valence-corrected chi connectivity index (χ0v) is 14.1. The molecule has 1 aromatic carbocycles. The summed E-state index contributed by atoms with van der Waals surface area (Å²) in [6.07, 6.45) is 3.49. The summed E-state index contributed by atoms with van der Waals surface area (Å²) >= 11 is 1.19. The molecule has 0 saturated carbocycles. The Morgan fingerprint density at radius 1 is 1.33 bits per heavy atom. The Kier molecular flexibility index (Phi) is 4.78. The van der Waals surface area contributed by atoms with Gasteiger partial charge in [0.1, 0.15) is 11.6 Å². The van der Waals surface area contributed by atoms with Gasteiger partial charge in [-0.3, -0.25) is 14.6 Å². The number of aliphatic imine (C=N–C) groups is 1. The molecule has 1 aromatic rings. The van der Waals surface area contributed by atoms with Crippen LogP contribution in [-0.4, -0.2) is 38.9 Å². The number of carbonyl (C=O) groups is 1. The third kappa shape index (κ3) is 4.05. The molecule has 0 unspecified atom stereocenters. The first kappa shape index (κ1) is 17.2. The number of nitrogens with zero attached hydrogens (tertiary/aromatic N) is 2. The molecule has 0 atom stereocenters. The van der Waals surface area contributed by atoms with Crippen LogP contribution in [0, 0.1) is 5.82 Å². The number of hydrogen-bond donors (Lipinski definition) is 2. The van der Waals surface area contributed by atoms with Gasteiger partial charge in [-0.2, -0.15) is 4.99 Å². The van der Waals surface area contributed by atoms with Gasteiger partial charge in [-0.25, -0.2) is 8.96 Å². The van der Waals surface area contributed by atoms with Crippen LogP contribution < -0.4 is 4.52 Å². The molecule has 3 rings (SSSR count). The molecular weight excluding hydrogens is 358 g/mol. The van der Waals surface area contributed by atoms with Crippen LogP contribution in [0.15, 0.2) is 28.1 Å². The number of rotatable bonds is 3. The standard InChI is InChI=1S/C14H14FN2O5PS/c15-10-4-3-9(11(8-10)22-23(19,20)21)7-12-13(18)16-14(24-12)17-5-1-2-6-17/h3-4,7-8H,1-2,5-6H2,(H2,19,20,21)/b12-7-. The molecule has 2 aliphatic heterocycles. The largest absolute Gasteiger partial charge is 0.524 e. The van der Waals surface area contributed by atoms with E-state index in [1.54, 1.807) is 0 Å². The first-order valence-electron chi connectivity index (χ1n) is 7.14. The van der Waals surface area contributed by atoms with Crippen LogP contribution in [-0.2, 0) is 9.36 Å². The van der Waals surface area contributed by atoms with Gasteiger partial charge in [-0.15, -0.1) is 0 Å². The number of halogens is 1. The quantitative estimate of drug-likeness (QED) is 0.621. The number of amidine groups is 1. The van der Waals surface area contributed by atoms with Crippen LogP contribution in [0.5, 0.6) is 5.75 Å². The number of phosphoric acid groups is 1. The van der Waals surface area contributed by atoms with Gasteiger partial charge in [0.2, 0.25) is 0 Å². The summed E-state index contributed by atoms with van der Waals surface area (Å²) in [7, 11) is -4.85. The second kappa shape index (κ2) is 6.68. The Morgan fingerprint density at radius 2 is 2.04 bits per heavy atom.